The molecule has 2 heterocycles. The number of aromatic nitrogens is 1. The number of alkyl halides is 1. The van der Waals surface area contributed by atoms with E-state index in [1.807, 2.05) is 0 Å². The molecule has 1 aromatic heterocycles. The fourth-order valence-corrected chi connectivity index (χ4v) is 4.45. The van der Waals surface area contributed by atoms with Crippen LogP contribution in [-0.4, -0.2) is 40.7 Å². The Kier molecular flexibility index (Phi) is 7.70. The summed E-state index contributed by atoms with van der Waals surface area (Å²) in [5.41, 5.74) is 4.19. The number of hydrogen-bond donors (Lipinski definition) is 2. The Labute approximate surface area is 174 Å². The molecule has 1 aromatic rings. The average molecular weight is 402 g/mol. The van der Waals surface area contributed by atoms with Crippen molar-refractivity contribution in [3.05, 3.63) is 40.3 Å². The lowest BCUT2D eigenvalue weighted by molar-refractivity contribution is 0.329. The number of likely N-dealkylation sites (tertiary alicyclic amines) is 1. The van der Waals surface area contributed by atoms with Crippen LogP contribution in [0.15, 0.2) is 17.9 Å². The van der Waals surface area contributed by atoms with Crippen molar-refractivity contribution in [2.45, 2.75) is 77.9 Å². The number of hydrogen-bond acceptors (Lipinski definition) is 4. The second-order valence-corrected chi connectivity index (χ2v) is 8.70. The third-order valence-electron chi connectivity index (χ3n) is 5.98. The normalized spacial score (nSPS) is 17.2. The molecule has 4 nitrogen and oxygen atoms in total. The third kappa shape index (κ3) is 5.59. The zero-order chi connectivity index (χ0) is 20.8. The summed E-state index contributed by atoms with van der Waals surface area (Å²) in [5, 5.41) is 14.0. The second-order valence-electron chi connectivity index (χ2n) is 8.70. The molecular weight excluding hydrogens is 365 g/mol. The van der Waals surface area contributed by atoms with Gasteiger partial charge in [-0.15, -0.1) is 0 Å². The highest BCUT2D eigenvalue weighted by Gasteiger charge is 2.23. The number of pyridine rings is 1. The smallest absolute Gasteiger partial charge is 0.132 e. The Morgan fingerprint density at radius 2 is 1.93 bits per heavy atom. The van der Waals surface area contributed by atoms with Crippen LogP contribution < -0.4 is 5.32 Å². The number of nitrogens with zero attached hydrogens (tertiary/aromatic N) is 2. The molecule has 0 saturated carbocycles. The highest BCUT2D eigenvalue weighted by Crippen LogP contribution is 2.34. The van der Waals surface area contributed by atoms with E-state index in [4.69, 9.17) is 0 Å². The first-order chi connectivity index (χ1) is 14.0. The average Bonchev–Trinajstić information content (AvgIpc) is 3.38. The van der Waals surface area contributed by atoms with Crippen LogP contribution in [0, 0.1) is 0 Å². The summed E-state index contributed by atoms with van der Waals surface area (Å²) in [6, 6.07) is 0.245. The van der Waals surface area contributed by atoms with Crippen LogP contribution in [0.25, 0.3) is 6.08 Å². The Morgan fingerprint density at radius 1 is 1.21 bits per heavy atom. The Hall–Kier alpha value is -1.88. The molecule has 160 valence electrons. The summed E-state index contributed by atoms with van der Waals surface area (Å²) in [7, 11) is 0. The van der Waals surface area contributed by atoms with Gasteiger partial charge in [0.25, 0.3) is 0 Å². The first kappa shape index (κ1) is 21.8. The standard InChI is InChI=1S/C24H36FN3O/c1-17(2)26-24-20-11-8-10-19(20)21(22(16-25)27-24)15-23(29)18(3)9-4-5-12-28-13-6-7-14-28/h15,17,29H,3-14,16H2,1-2H3,(H,26,27)/b23-15+. The summed E-state index contributed by atoms with van der Waals surface area (Å²) in [5.74, 6) is 0.971. The summed E-state index contributed by atoms with van der Waals surface area (Å²) < 4.78 is 13.8. The zero-order valence-corrected chi connectivity index (χ0v) is 18.1. The maximum atomic E-state index is 13.8. The van der Waals surface area contributed by atoms with Crippen LogP contribution in [0.5, 0.6) is 0 Å². The van der Waals surface area contributed by atoms with E-state index >= 15 is 0 Å². The molecule has 5 heteroatoms. The zero-order valence-electron chi connectivity index (χ0n) is 18.1. The number of anilines is 1. The highest BCUT2D eigenvalue weighted by atomic mass is 19.1. The van der Waals surface area contributed by atoms with Crippen molar-refractivity contribution in [2.75, 3.05) is 25.0 Å². The number of aliphatic hydroxyl groups is 1. The second kappa shape index (κ2) is 10.2. The molecule has 1 aliphatic heterocycles. The van der Waals surface area contributed by atoms with Gasteiger partial charge < -0.3 is 15.3 Å². The van der Waals surface area contributed by atoms with Gasteiger partial charge in [0.2, 0.25) is 0 Å². The van der Waals surface area contributed by atoms with Crippen molar-refractivity contribution in [1.82, 2.24) is 9.88 Å². The number of unbranched alkanes of at least 4 members (excludes halogenated alkanes) is 1. The fraction of sp³-hybridized carbons (Fsp3) is 0.625. The molecule has 1 fully saturated rings. The van der Waals surface area contributed by atoms with Crippen molar-refractivity contribution >= 4 is 11.9 Å². The number of fused-ring (bicyclic) bond motifs is 1. The van der Waals surface area contributed by atoms with Gasteiger partial charge in [-0.1, -0.05) is 6.58 Å². The van der Waals surface area contributed by atoms with Crippen molar-refractivity contribution in [3.8, 4) is 0 Å². The molecule has 0 radical (unpaired) electrons. The lowest BCUT2D eigenvalue weighted by atomic mass is 9.99. The van der Waals surface area contributed by atoms with Crippen LogP contribution in [0.3, 0.4) is 0 Å². The van der Waals surface area contributed by atoms with Crippen LogP contribution in [0.4, 0.5) is 10.2 Å². The predicted octanol–water partition coefficient (Wildman–Crippen LogP) is 5.58. The van der Waals surface area contributed by atoms with Gasteiger partial charge in [0, 0.05) is 11.6 Å². The monoisotopic (exact) mass is 401 g/mol. The van der Waals surface area contributed by atoms with Crippen molar-refractivity contribution in [1.29, 1.82) is 0 Å². The largest absolute Gasteiger partial charge is 0.508 e. The van der Waals surface area contributed by atoms with Gasteiger partial charge >= 0.3 is 0 Å². The molecule has 0 aromatic carbocycles. The Bertz CT molecular complexity index is 751. The lowest BCUT2D eigenvalue weighted by Gasteiger charge is -2.18. The SMILES string of the molecule is C=C(CCCCN1CCCC1)/C(O)=C\c1c(CF)nc(NC(C)C)c2c1CCC2. The molecule has 0 amide bonds. The van der Waals surface area contributed by atoms with E-state index in [2.05, 4.69) is 35.6 Å². The van der Waals surface area contributed by atoms with Crippen molar-refractivity contribution in [3.63, 3.8) is 0 Å². The van der Waals surface area contributed by atoms with Gasteiger partial charge in [0.1, 0.15) is 18.3 Å². The van der Waals surface area contributed by atoms with Gasteiger partial charge in [-0.25, -0.2) is 9.37 Å². The van der Waals surface area contributed by atoms with Crippen LogP contribution in [-0.2, 0) is 19.5 Å². The topological polar surface area (TPSA) is 48.4 Å². The van der Waals surface area contributed by atoms with Crippen LogP contribution in [0.2, 0.25) is 0 Å². The van der Waals surface area contributed by atoms with Gasteiger partial charge in [0.05, 0.1) is 5.69 Å². The van der Waals surface area contributed by atoms with E-state index in [-0.39, 0.29) is 11.8 Å². The Morgan fingerprint density at radius 3 is 2.62 bits per heavy atom. The van der Waals surface area contributed by atoms with E-state index in [1.165, 1.54) is 31.5 Å². The molecule has 0 bridgehead atoms. The molecule has 3 rings (SSSR count). The van der Waals surface area contributed by atoms with E-state index in [0.717, 1.165) is 67.6 Å². The molecule has 0 atom stereocenters. The number of rotatable bonds is 10. The highest BCUT2D eigenvalue weighted by molar-refractivity contribution is 5.67. The first-order valence-corrected chi connectivity index (χ1v) is 11.2. The lowest BCUT2D eigenvalue weighted by Crippen LogP contribution is -2.20. The van der Waals surface area contributed by atoms with Crippen LogP contribution in [0.1, 0.15) is 74.8 Å². The number of nitrogens with one attached hydrogen (secondary N) is 1. The molecule has 0 spiro atoms. The molecule has 29 heavy (non-hydrogen) atoms. The van der Waals surface area contributed by atoms with Gasteiger partial charge in [-0.2, -0.15) is 0 Å². The van der Waals surface area contributed by atoms with Gasteiger partial charge in [-0.3, -0.25) is 0 Å². The maximum absolute atomic E-state index is 13.8. The molecule has 1 saturated heterocycles. The third-order valence-corrected chi connectivity index (χ3v) is 5.98. The molecule has 2 N–H and O–H groups in total. The van der Waals surface area contributed by atoms with E-state index in [9.17, 15) is 9.50 Å². The number of allylic oxidation sites excluding steroid dienone is 1. The summed E-state index contributed by atoms with van der Waals surface area (Å²) in [4.78, 5) is 7.07. The minimum Gasteiger partial charge on any atom is -0.508 e. The molecule has 1 aliphatic carbocycles. The van der Waals surface area contributed by atoms with Gasteiger partial charge in [-0.05, 0) is 108 Å². The minimum atomic E-state index is -0.637. The summed E-state index contributed by atoms with van der Waals surface area (Å²) >= 11 is 0. The summed E-state index contributed by atoms with van der Waals surface area (Å²) in [6.07, 6.45) is 10.1. The minimum absolute atomic E-state index is 0.168. The van der Waals surface area contributed by atoms with E-state index in [1.54, 1.807) is 6.08 Å². The van der Waals surface area contributed by atoms with E-state index in [0.29, 0.717) is 5.69 Å². The van der Waals surface area contributed by atoms with Crippen molar-refractivity contribution < 1.29 is 9.50 Å². The Balaban J connectivity index is 1.69. The number of aliphatic hydroxyl groups excluding tert-OH is 1. The first-order valence-electron chi connectivity index (χ1n) is 11.2. The molecule has 2 aliphatic rings. The van der Waals surface area contributed by atoms with E-state index < -0.39 is 6.67 Å². The molecule has 0 unspecified atom stereocenters. The summed E-state index contributed by atoms with van der Waals surface area (Å²) in [6.45, 7) is 11.1. The van der Waals surface area contributed by atoms with Crippen LogP contribution >= 0.6 is 0 Å². The molecular formula is C24H36FN3O. The van der Waals surface area contributed by atoms with Gasteiger partial charge in [0.15, 0.2) is 0 Å². The predicted molar refractivity (Wildman–Crippen MR) is 119 cm³/mol. The van der Waals surface area contributed by atoms with Crippen molar-refractivity contribution in [2.24, 2.45) is 0 Å². The quantitative estimate of drug-likeness (QED) is 0.305. The fourth-order valence-electron chi connectivity index (χ4n) is 4.45. The maximum Gasteiger partial charge on any atom is 0.132 e. The number of halogens is 1.